The number of rotatable bonds is 11. The fourth-order valence-electron chi connectivity index (χ4n) is 4.93. The number of carbonyl (C=O) groups excluding carboxylic acids is 2. The summed E-state index contributed by atoms with van der Waals surface area (Å²) < 4.78 is 33.3. The number of carbonyl (C=O) groups is 2. The van der Waals surface area contributed by atoms with Gasteiger partial charge in [0.15, 0.2) is 0 Å². The molecule has 0 saturated carbocycles. The van der Waals surface area contributed by atoms with Gasteiger partial charge in [-0.3, -0.25) is 9.59 Å². The zero-order valence-corrected chi connectivity index (χ0v) is 25.0. The number of likely N-dealkylation sites (tertiary alicyclic amines) is 1. The van der Waals surface area contributed by atoms with Gasteiger partial charge >= 0.3 is 0 Å². The van der Waals surface area contributed by atoms with Crippen molar-refractivity contribution >= 4 is 33.4 Å². The third kappa shape index (κ3) is 7.95. The van der Waals surface area contributed by atoms with E-state index in [0.29, 0.717) is 43.1 Å². The van der Waals surface area contributed by atoms with Crippen LogP contribution in [0, 0.1) is 6.92 Å². The lowest BCUT2D eigenvalue weighted by Gasteiger charge is -2.39. The molecule has 1 saturated heterocycles. The highest BCUT2D eigenvalue weighted by Gasteiger charge is 2.33. The Morgan fingerprint density at radius 3 is 2.20 bits per heavy atom. The zero-order valence-electron chi connectivity index (χ0n) is 23.4. The summed E-state index contributed by atoms with van der Waals surface area (Å²) in [6, 6.07) is 22.7. The second-order valence-corrected chi connectivity index (χ2v) is 12.6. The summed E-state index contributed by atoms with van der Waals surface area (Å²) in [4.78, 5) is 30.7. The van der Waals surface area contributed by atoms with E-state index in [9.17, 15) is 18.0 Å². The lowest BCUT2D eigenvalue weighted by molar-refractivity contribution is -0.135. The molecular weight excluding hydrogens is 562 g/mol. The molecular formula is C31H36ClN3O5S. The highest BCUT2D eigenvalue weighted by atomic mass is 35.5. The van der Waals surface area contributed by atoms with Crippen LogP contribution in [0.1, 0.15) is 34.3 Å². The second kappa shape index (κ2) is 14.1. The molecule has 10 heteroatoms. The van der Waals surface area contributed by atoms with E-state index >= 15 is 0 Å². The molecule has 0 atom stereocenters. The number of benzene rings is 3. The molecule has 1 aliphatic rings. The minimum atomic E-state index is -3.92. The van der Waals surface area contributed by atoms with E-state index in [0.717, 1.165) is 11.1 Å². The molecule has 0 aromatic heterocycles. The van der Waals surface area contributed by atoms with E-state index < -0.39 is 10.0 Å². The van der Waals surface area contributed by atoms with Crippen molar-refractivity contribution in [3.8, 4) is 0 Å². The van der Waals surface area contributed by atoms with Gasteiger partial charge in [-0.25, -0.2) is 8.42 Å². The highest BCUT2D eigenvalue weighted by Crippen LogP contribution is 2.23. The number of piperidine rings is 1. The van der Waals surface area contributed by atoms with Crippen LogP contribution in [0.2, 0.25) is 5.02 Å². The first-order valence-corrected chi connectivity index (χ1v) is 15.4. The number of aryl methyl sites for hydroxylation is 1. The molecule has 0 bridgehead atoms. The summed E-state index contributed by atoms with van der Waals surface area (Å²) in [7, 11) is -2.42. The van der Waals surface area contributed by atoms with Crippen molar-refractivity contribution < 1.29 is 22.7 Å². The van der Waals surface area contributed by atoms with Gasteiger partial charge in [0.25, 0.3) is 5.91 Å². The second-order valence-electron chi connectivity index (χ2n) is 10.2. The molecule has 0 N–H and O–H groups in total. The maximum atomic E-state index is 13.9. The predicted molar refractivity (Wildman–Crippen MR) is 159 cm³/mol. The topological polar surface area (TPSA) is 87.2 Å². The average molecular weight is 598 g/mol. The summed E-state index contributed by atoms with van der Waals surface area (Å²) in [6.07, 6.45) is 1.17. The number of nitrogens with zero attached hydrogens (tertiary/aromatic N) is 3. The molecule has 1 heterocycles. The number of hydrogen-bond donors (Lipinski definition) is 0. The summed E-state index contributed by atoms with van der Waals surface area (Å²) >= 11 is 5.98. The smallest absolute Gasteiger partial charge is 0.253 e. The summed E-state index contributed by atoms with van der Waals surface area (Å²) in [5.74, 6) is -0.361. The Morgan fingerprint density at radius 1 is 0.951 bits per heavy atom. The Kier molecular flexibility index (Phi) is 10.6. The van der Waals surface area contributed by atoms with Crippen LogP contribution in [-0.2, 0) is 26.1 Å². The van der Waals surface area contributed by atoms with Crippen LogP contribution in [-0.4, -0.2) is 80.3 Å². The molecule has 1 aliphatic heterocycles. The van der Waals surface area contributed by atoms with Crippen LogP contribution in [0.5, 0.6) is 0 Å². The molecule has 0 radical (unpaired) electrons. The first kappa shape index (κ1) is 30.7. The Balaban J connectivity index is 1.53. The molecule has 1 fully saturated rings. The first-order chi connectivity index (χ1) is 19.7. The molecule has 0 aliphatic carbocycles. The summed E-state index contributed by atoms with van der Waals surface area (Å²) in [5, 5.41) is 0.569. The van der Waals surface area contributed by atoms with Crippen LogP contribution in [0.15, 0.2) is 83.8 Å². The molecule has 4 rings (SSSR count). The number of ether oxygens (including phenoxy) is 1. The zero-order chi connectivity index (χ0) is 29.4. The van der Waals surface area contributed by atoms with Crippen molar-refractivity contribution in [1.29, 1.82) is 0 Å². The van der Waals surface area contributed by atoms with E-state index in [-0.39, 0.29) is 42.4 Å². The van der Waals surface area contributed by atoms with E-state index in [4.69, 9.17) is 16.3 Å². The highest BCUT2D eigenvalue weighted by molar-refractivity contribution is 7.89. The van der Waals surface area contributed by atoms with E-state index in [2.05, 4.69) is 0 Å². The van der Waals surface area contributed by atoms with Crippen molar-refractivity contribution in [3.05, 3.63) is 101 Å². The molecule has 2 amide bonds. The van der Waals surface area contributed by atoms with Gasteiger partial charge in [-0.05, 0) is 61.7 Å². The standard InChI is InChI=1S/C31H36ClN3O5S/c1-24-8-10-25(11-9-24)22-35(28-16-18-33(19-17-28)31(37)26-12-14-27(32)15-13-26)30(36)23-34(20-21-40-2)41(38,39)29-6-4-3-5-7-29/h3-15,28H,16-23H2,1-2H3. The summed E-state index contributed by atoms with van der Waals surface area (Å²) in [5.41, 5.74) is 2.64. The van der Waals surface area contributed by atoms with Crippen LogP contribution in [0.25, 0.3) is 0 Å². The van der Waals surface area contributed by atoms with Gasteiger partial charge < -0.3 is 14.5 Å². The number of hydrogen-bond acceptors (Lipinski definition) is 5. The number of methoxy groups -OCH3 is 1. The van der Waals surface area contributed by atoms with Gasteiger partial charge in [-0.2, -0.15) is 4.31 Å². The monoisotopic (exact) mass is 597 g/mol. The van der Waals surface area contributed by atoms with Gasteiger partial charge in [0, 0.05) is 49.9 Å². The number of sulfonamides is 1. The van der Waals surface area contributed by atoms with E-state index in [1.165, 1.54) is 23.5 Å². The molecule has 3 aromatic rings. The van der Waals surface area contributed by atoms with Crippen LogP contribution >= 0.6 is 11.6 Å². The summed E-state index contributed by atoms with van der Waals surface area (Å²) in [6.45, 7) is 3.21. The third-order valence-electron chi connectivity index (χ3n) is 7.31. The van der Waals surface area contributed by atoms with Crippen molar-refractivity contribution in [2.75, 3.05) is 39.9 Å². The normalized spacial score (nSPS) is 14.3. The fourth-order valence-corrected chi connectivity index (χ4v) is 6.45. The van der Waals surface area contributed by atoms with Crippen LogP contribution < -0.4 is 0 Å². The Labute approximate surface area is 247 Å². The largest absolute Gasteiger partial charge is 0.383 e. The lowest BCUT2D eigenvalue weighted by atomic mass is 10.0. The van der Waals surface area contributed by atoms with Gasteiger partial charge in [0.1, 0.15) is 0 Å². The van der Waals surface area contributed by atoms with Crippen molar-refractivity contribution in [1.82, 2.24) is 14.1 Å². The number of halogens is 1. The fraction of sp³-hybridized carbons (Fsp3) is 0.355. The minimum Gasteiger partial charge on any atom is -0.383 e. The molecule has 41 heavy (non-hydrogen) atoms. The maximum Gasteiger partial charge on any atom is 0.253 e. The van der Waals surface area contributed by atoms with Crippen molar-refractivity contribution in [2.24, 2.45) is 0 Å². The van der Waals surface area contributed by atoms with Crippen molar-refractivity contribution in [3.63, 3.8) is 0 Å². The first-order valence-electron chi connectivity index (χ1n) is 13.6. The minimum absolute atomic E-state index is 0.0475. The van der Waals surface area contributed by atoms with E-state index in [1.54, 1.807) is 52.3 Å². The molecule has 218 valence electrons. The van der Waals surface area contributed by atoms with Crippen LogP contribution in [0.4, 0.5) is 0 Å². The SMILES string of the molecule is COCCN(CC(=O)N(Cc1ccc(C)cc1)C1CCN(C(=O)c2ccc(Cl)cc2)CC1)S(=O)(=O)c1ccccc1. The van der Waals surface area contributed by atoms with Gasteiger partial charge in [-0.15, -0.1) is 0 Å². The maximum absolute atomic E-state index is 13.9. The Morgan fingerprint density at radius 2 is 1.59 bits per heavy atom. The molecule has 8 nitrogen and oxygen atoms in total. The van der Waals surface area contributed by atoms with Gasteiger partial charge in [0.05, 0.1) is 18.0 Å². The molecule has 0 spiro atoms. The number of amides is 2. The van der Waals surface area contributed by atoms with Crippen LogP contribution in [0.3, 0.4) is 0 Å². The Bertz CT molecular complexity index is 1410. The Hall–Kier alpha value is -3.24. The predicted octanol–water partition coefficient (Wildman–Crippen LogP) is 4.62. The van der Waals surface area contributed by atoms with E-state index in [1.807, 2.05) is 31.2 Å². The molecule has 3 aromatic carbocycles. The third-order valence-corrected chi connectivity index (χ3v) is 9.43. The van der Waals surface area contributed by atoms with Gasteiger partial charge in [0.2, 0.25) is 15.9 Å². The van der Waals surface area contributed by atoms with Gasteiger partial charge in [-0.1, -0.05) is 59.6 Å². The van der Waals surface area contributed by atoms with Crippen molar-refractivity contribution in [2.45, 2.75) is 37.2 Å². The lowest BCUT2D eigenvalue weighted by Crippen LogP contribution is -2.51. The average Bonchev–Trinajstić information content (AvgIpc) is 2.99. The molecule has 0 unspecified atom stereocenters. The quantitative estimate of drug-likeness (QED) is 0.322.